The number of nitrogens with one attached hydrogen (secondary N) is 2. The Kier molecular flexibility index (Phi) is 12.4. The van der Waals surface area contributed by atoms with Gasteiger partial charge >= 0.3 is 5.97 Å². The second kappa shape index (κ2) is 15.2. The zero-order chi connectivity index (χ0) is 28.2. The van der Waals surface area contributed by atoms with Crippen LogP contribution in [0.2, 0.25) is 0 Å². The fourth-order valence-corrected chi connectivity index (χ4v) is 4.72. The maximum Gasteiger partial charge on any atom is 0.322 e. The summed E-state index contributed by atoms with van der Waals surface area (Å²) in [7, 11) is 0. The molecule has 5 N–H and O–H groups in total. The maximum absolute atomic E-state index is 13.9. The Morgan fingerprint density at radius 2 is 1.74 bits per heavy atom. The average molecular weight is 555 g/mol. The molecule has 1 fully saturated rings. The minimum Gasteiger partial charge on any atom is -0.480 e. The molecule has 0 aliphatic carbocycles. The normalized spacial score (nSPS) is 15.3. The average Bonchev–Trinajstić information content (AvgIpc) is 3.36. The van der Waals surface area contributed by atoms with E-state index in [-0.39, 0.29) is 43.3 Å². The van der Waals surface area contributed by atoms with E-state index in [1.54, 1.807) is 24.3 Å². The van der Waals surface area contributed by atoms with E-state index in [1.165, 1.54) is 23.1 Å². The number of halogens is 3. The van der Waals surface area contributed by atoms with Crippen LogP contribution in [0.1, 0.15) is 37.8 Å². The van der Waals surface area contributed by atoms with E-state index in [9.17, 15) is 27.6 Å². The highest BCUT2D eigenvalue weighted by molar-refractivity contribution is 8.00. The SMILES string of the molecule is CCC.N[C@@H](CC(=O)N1CCS[C@@H]1C(=O)NCc1ccc(NCC(=O)O)cc1)Cc1cc(F)c(F)cc1F. The van der Waals surface area contributed by atoms with Gasteiger partial charge in [-0.3, -0.25) is 14.4 Å². The van der Waals surface area contributed by atoms with Crippen LogP contribution in [0, 0.1) is 17.5 Å². The number of amides is 2. The molecule has 3 rings (SSSR count). The molecule has 1 aliphatic heterocycles. The second-order valence-electron chi connectivity index (χ2n) is 8.71. The zero-order valence-electron chi connectivity index (χ0n) is 21.3. The van der Waals surface area contributed by atoms with E-state index in [4.69, 9.17) is 10.8 Å². The summed E-state index contributed by atoms with van der Waals surface area (Å²) in [5.41, 5.74) is 7.25. The van der Waals surface area contributed by atoms with Gasteiger partial charge in [-0.05, 0) is 35.7 Å². The van der Waals surface area contributed by atoms with E-state index in [0.717, 1.165) is 11.6 Å². The molecule has 2 amide bonds. The van der Waals surface area contributed by atoms with Gasteiger partial charge in [-0.2, -0.15) is 0 Å². The van der Waals surface area contributed by atoms with Crippen LogP contribution in [0.25, 0.3) is 0 Å². The second-order valence-corrected chi connectivity index (χ2v) is 9.89. The Hall–Kier alpha value is -3.25. The molecule has 1 heterocycles. The van der Waals surface area contributed by atoms with Gasteiger partial charge in [-0.1, -0.05) is 32.4 Å². The number of aliphatic carboxylic acids is 1. The fourth-order valence-electron chi connectivity index (χ4n) is 3.55. The first-order valence-corrected chi connectivity index (χ1v) is 13.2. The lowest BCUT2D eigenvalue weighted by Gasteiger charge is -2.24. The van der Waals surface area contributed by atoms with Crippen molar-refractivity contribution >= 4 is 35.2 Å². The summed E-state index contributed by atoms with van der Waals surface area (Å²) in [5.74, 6) is -4.60. The lowest BCUT2D eigenvalue weighted by atomic mass is 10.0. The van der Waals surface area contributed by atoms with Gasteiger partial charge in [0.1, 0.15) is 12.4 Å². The minimum absolute atomic E-state index is 0.126. The first-order chi connectivity index (χ1) is 18.0. The number of thioether (sulfide) groups is 1. The highest BCUT2D eigenvalue weighted by Crippen LogP contribution is 2.25. The van der Waals surface area contributed by atoms with Crippen molar-refractivity contribution in [3.8, 4) is 0 Å². The zero-order valence-corrected chi connectivity index (χ0v) is 22.1. The summed E-state index contributed by atoms with van der Waals surface area (Å²) in [5, 5.41) is 13.5. The summed E-state index contributed by atoms with van der Waals surface area (Å²) in [6, 6.07) is 7.20. The smallest absolute Gasteiger partial charge is 0.322 e. The summed E-state index contributed by atoms with van der Waals surface area (Å²) in [4.78, 5) is 37.5. The molecule has 2 aromatic carbocycles. The Bertz CT molecular complexity index is 1100. The third kappa shape index (κ3) is 9.56. The molecular weight excluding hydrogens is 521 g/mol. The summed E-state index contributed by atoms with van der Waals surface area (Å²) in [6.07, 6.45) is 0.900. The first kappa shape index (κ1) is 31.0. The van der Waals surface area contributed by atoms with Crippen LogP contribution in [-0.4, -0.2) is 58.0 Å². The van der Waals surface area contributed by atoms with Crippen molar-refractivity contribution in [2.45, 2.75) is 51.1 Å². The van der Waals surface area contributed by atoms with E-state index in [2.05, 4.69) is 24.5 Å². The summed E-state index contributed by atoms with van der Waals surface area (Å²) in [6.45, 7) is 4.60. The van der Waals surface area contributed by atoms with Gasteiger partial charge in [0, 0.05) is 43.1 Å². The van der Waals surface area contributed by atoms with Crippen LogP contribution in [0.5, 0.6) is 0 Å². The molecule has 0 radical (unpaired) electrons. The number of hydrogen-bond acceptors (Lipinski definition) is 6. The Morgan fingerprint density at radius 1 is 1.11 bits per heavy atom. The molecule has 208 valence electrons. The maximum atomic E-state index is 13.9. The van der Waals surface area contributed by atoms with Crippen molar-refractivity contribution in [1.82, 2.24) is 10.2 Å². The monoisotopic (exact) mass is 554 g/mol. The topological polar surface area (TPSA) is 125 Å². The number of carbonyl (C=O) groups excluding carboxylic acids is 2. The van der Waals surface area contributed by atoms with Crippen molar-refractivity contribution < 1.29 is 32.7 Å². The summed E-state index contributed by atoms with van der Waals surface area (Å²) >= 11 is 1.31. The highest BCUT2D eigenvalue weighted by atomic mass is 32.2. The van der Waals surface area contributed by atoms with E-state index in [0.29, 0.717) is 24.1 Å². The Labute approximate surface area is 224 Å². The minimum atomic E-state index is -1.30. The van der Waals surface area contributed by atoms with Crippen molar-refractivity contribution in [2.24, 2.45) is 5.73 Å². The van der Waals surface area contributed by atoms with Gasteiger partial charge in [-0.15, -0.1) is 11.8 Å². The van der Waals surface area contributed by atoms with Crippen LogP contribution in [0.15, 0.2) is 36.4 Å². The number of anilines is 1. The van der Waals surface area contributed by atoms with Crippen LogP contribution in [0.3, 0.4) is 0 Å². The van der Waals surface area contributed by atoms with Gasteiger partial charge in [0.2, 0.25) is 5.91 Å². The van der Waals surface area contributed by atoms with Crippen LogP contribution in [-0.2, 0) is 27.3 Å². The number of carboxylic acid groups (broad SMARTS) is 1. The molecule has 12 heteroatoms. The predicted octanol–water partition coefficient (Wildman–Crippen LogP) is 3.49. The largest absolute Gasteiger partial charge is 0.480 e. The Balaban J connectivity index is 0.00000161. The quantitative estimate of drug-likeness (QED) is 0.332. The van der Waals surface area contributed by atoms with Crippen molar-refractivity contribution in [2.75, 3.05) is 24.2 Å². The molecule has 8 nitrogen and oxygen atoms in total. The van der Waals surface area contributed by atoms with Crippen molar-refractivity contribution in [3.05, 3.63) is 65.0 Å². The third-order valence-electron chi connectivity index (χ3n) is 5.31. The number of hydrogen-bond donors (Lipinski definition) is 4. The van der Waals surface area contributed by atoms with Gasteiger partial charge in [0.05, 0.1) is 0 Å². The third-order valence-corrected chi connectivity index (χ3v) is 6.51. The van der Waals surface area contributed by atoms with E-state index < -0.39 is 34.8 Å². The van der Waals surface area contributed by atoms with Gasteiger partial charge in [0.25, 0.3) is 5.91 Å². The van der Waals surface area contributed by atoms with E-state index in [1.807, 2.05) is 0 Å². The lowest BCUT2D eigenvalue weighted by molar-refractivity contribution is -0.136. The summed E-state index contributed by atoms with van der Waals surface area (Å²) < 4.78 is 40.4. The number of carbonyl (C=O) groups is 3. The number of nitrogens with two attached hydrogens (primary N) is 1. The molecule has 0 spiro atoms. The molecule has 0 saturated carbocycles. The molecule has 38 heavy (non-hydrogen) atoms. The fraction of sp³-hybridized carbons (Fsp3) is 0.423. The number of carboxylic acids is 1. The molecule has 1 saturated heterocycles. The number of nitrogens with zero attached hydrogens (tertiary/aromatic N) is 1. The van der Waals surface area contributed by atoms with E-state index >= 15 is 0 Å². The molecule has 2 atom stereocenters. The van der Waals surface area contributed by atoms with Gasteiger partial charge in [-0.25, -0.2) is 13.2 Å². The molecule has 2 aromatic rings. The molecule has 1 aliphatic rings. The van der Waals surface area contributed by atoms with Crippen LogP contribution < -0.4 is 16.4 Å². The molecular formula is C26H33F3N4O4S. The first-order valence-electron chi connectivity index (χ1n) is 12.2. The standard InChI is InChI=1S/C23H25F3N4O4S.C3H8/c24-17-10-19(26)18(25)8-14(17)7-15(27)9-20(31)30-5-6-35-23(30)22(34)29-11-13-1-3-16(4-2-13)28-12-21(32)33;1-3-2/h1-4,8,10,15,23,28H,5-7,9,11-12,27H2,(H,29,34)(H,32,33);3H2,1-2H3/t15-,23-;/m1./s1. The molecule has 0 bridgehead atoms. The molecule has 0 unspecified atom stereocenters. The van der Waals surface area contributed by atoms with Gasteiger partial charge < -0.3 is 26.4 Å². The molecule has 0 aromatic heterocycles. The predicted molar refractivity (Wildman–Crippen MR) is 141 cm³/mol. The van der Waals surface area contributed by atoms with Crippen LogP contribution in [0.4, 0.5) is 18.9 Å². The van der Waals surface area contributed by atoms with Gasteiger partial charge in [0.15, 0.2) is 17.0 Å². The lowest BCUT2D eigenvalue weighted by Crippen LogP contribution is -2.46. The number of rotatable bonds is 10. The van der Waals surface area contributed by atoms with Crippen molar-refractivity contribution in [3.63, 3.8) is 0 Å². The van der Waals surface area contributed by atoms with Crippen LogP contribution >= 0.6 is 11.8 Å². The number of benzene rings is 2. The highest BCUT2D eigenvalue weighted by Gasteiger charge is 2.35. The Morgan fingerprint density at radius 3 is 2.37 bits per heavy atom. The van der Waals surface area contributed by atoms with Crippen molar-refractivity contribution in [1.29, 1.82) is 0 Å².